The van der Waals surface area contributed by atoms with E-state index in [0.717, 1.165) is 23.4 Å². The van der Waals surface area contributed by atoms with E-state index < -0.39 is 0 Å². The van der Waals surface area contributed by atoms with Gasteiger partial charge in [-0.05, 0) is 29.8 Å². The molecule has 2 aromatic rings. The van der Waals surface area contributed by atoms with Crippen molar-refractivity contribution in [2.24, 2.45) is 0 Å². The largest absolute Gasteiger partial charge is 0.392 e. The number of pyridine rings is 1. The van der Waals surface area contributed by atoms with Gasteiger partial charge in [0.25, 0.3) is 0 Å². The molecule has 0 atom stereocenters. The molecule has 4 heteroatoms. The summed E-state index contributed by atoms with van der Waals surface area (Å²) >= 11 is 5.92. The van der Waals surface area contributed by atoms with Crippen molar-refractivity contribution < 1.29 is 5.11 Å². The van der Waals surface area contributed by atoms with Gasteiger partial charge in [-0.2, -0.15) is 0 Å². The van der Waals surface area contributed by atoms with Crippen molar-refractivity contribution in [1.82, 2.24) is 4.98 Å². The summed E-state index contributed by atoms with van der Waals surface area (Å²) in [7, 11) is 1.98. The highest BCUT2D eigenvalue weighted by molar-refractivity contribution is 6.30. The summed E-state index contributed by atoms with van der Waals surface area (Å²) in [4.78, 5) is 6.16. The second-order valence-corrected chi connectivity index (χ2v) is 4.58. The molecular weight excluding hydrogens is 248 g/mol. The predicted octanol–water partition coefficient (Wildman–Crippen LogP) is 2.86. The first-order chi connectivity index (χ1) is 8.70. The lowest BCUT2D eigenvalue weighted by Crippen LogP contribution is -2.18. The van der Waals surface area contributed by atoms with E-state index in [9.17, 15) is 5.11 Å². The molecule has 18 heavy (non-hydrogen) atoms. The fourth-order valence-corrected chi connectivity index (χ4v) is 2.10. The second-order valence-electron chi connectivity index (χ2n) is 4.15. The number of hydrogen-bond donors (Lipinski definition) is 1. The van der Waals surface area contributed by atoms with Crippen LogP contribution in [0, 0.1) is 0 Å². The highest BCUT2D eigenvalue weighted by atomic mass is 35.5. The van der Waals surface area contributed by atoms with Gasteiger partial charge >= 0.3 is 0 Å². The van der Waals surface area contributed by atoms with Gasteiger partial charge in [-0.25, -0.2) is 0 Å². The van der Waals surface area contributed by atoms with Gasteiger partial charge in [-0.15, -0.1) is 0 Å². The first-order valence-corrected chi connectivity index (χ1v) is 6.08. The van der Waals surface area contributed by atoms with E-state index in [1.807, 2.05) is 37.5 Å². The molecule has 0 spiro atoms. The lowest BCUT2D eigenvalue weighted by Gasteiger charge is -2.22. The van der Waals surface area contributed by atoms with Gasteiger partial charge in [0.1, 0.15) is 0 Å². The Kier molecular flexibility index (Phi) is 4.18. The molecule has 0 aliphatic rings. The third-order valence-corrected chi connectivity index (χ3v) is 3.00. The van der Waals surface area contributed by atoms with E-state index in [-0.39, 0.29) is 6.61 Å². The van der Waals surface area contributed by atoms with Gasteiger partial charge in [-0.1, -0.05) is 17.7 Å². The molecule has 1 heterocycles. The number of rotatable bonds is 4. The summed E-state index contributed by atoms with van der Waals surface area (Å²) < 4.78 is 0. The molecule has 2 rings (SSSR count). The van der Waals surface area contributed by atoms with Crippen LogP contribution in [0.25, 0.3) is 0 Å². The van der Waals surface area contributed by atoms with Gasteiger partial charge in [0.15, 0.2) is 0 Å². The van der Waals surface area contributed by atoms with E-state index in [2.05, 4.69) is 9.88 Å². The molecule has 0 unspecified atom stereocenters. The highest BCUT2D eigenvalue weighted by Crippen LogP contribution is 2.24. The van der Waals surface area contributed by atoms with E-state index in [1.54, 1.807) is 12.3 Å². The van der Waals surface area contributed by atoms with E-state index in [4.69, 9.17) is 11.6 Å². The third-order valence-electron chi connectivity index (χ3n) is 2.77. The molecule has 0 aliphatic heterocycles. The number of anilines is 1. The van der Waals surface area contributed by atoms with Crippen molar-refractivity contribution in [2.75, 3.05) is 11.9 Å². The number of aliphatic hydroxyl groups is 1. The zero-order chi connectivity index (χ0) is 13.0. The van der Waals surface area contributed by atoms with Crippen LogP contribution in [0.4, 0.5) is 5.69 Å². The topological polar surface area (TPSA) is 36.4 Å². The minimum atomic E-state index is -0.0206. The van der Waals surface area contributed by atoms with Gasteiger partial charge in [0.2, 0.25) is 0 Å². The molecule has 0 radical (unpaired) electrons. The van der Waals surface area contributed by atoms with Crippen molar-refractivity contribution in [1.29, 1.82) is 0 Å². The second kappa shape index (κ2) is 5.85. The molecule has 3 nitrogen and oxygen atoms in total. The standard InChI is InChI=1S/C14H15ClN2O/c1-17(9-11-3-2-6-16-8-11)14-5-4-13(15)7-12(14)10-18/h2-8,18H,9-10H2,1H3. The molecule has 0 saturated carbocycles. The summed E-state index contributed by atoms with van der Waals surface area (Å²) in [5.74, 6) is 0. The first kappa shape index (κ1) is 12.9. The van der Waals surface area contributed by atoms with Crippen molar-refractivity contribution in [3.8, 4) is 0 Å². The average Bonchev–Trinajstić information content (AvgIpc) is 2.39. The Labute approximate surface area is 112 Å². The van der Waals surface area contributed by atoms with Crippen molar-refractivity contribution >= 4 is 17.3 Å². The Morgan fingerprint density at radius 1 is 1.33 bits per heavy atom. The zero-order valence-corrected chi connectivity index (χ0v) is 10.9. The molecule has 0 bridgehead atoms. The van der Waals surface area contributed by atoms with Crippen molar-refractivity contribution in [2.45, 2.75) is 13.2 Å². The maximum Gasteiger partial charge on any atom is 0.0702 e. The van der Waals surface area contributed by atoms with E-state index >= 15 is 0 Å². The Balaban J connectivity index is 2.21. The number of nitrogens with zero attached hydrogens (tertiary/aromatic N) is 2. The van der Waals surface area contributed by atoms with Gasteiger partial charge in [-0.3, -0.25) is 4.98 Å². The number of aromatic nitrogens is 1. The lowest BCUT2D eigenvalue weighted by atomic mass is 10.1. The van der Waals surface area contributed by atoms with E-state index in [1.165, 1.54) is 0 Å². The lowest BCUT2D eigenvalue weighted by molar-refractivity contribution is 0.282. The van der Waals surface area contributed by atoms with Crippen LogP contribution in [0.1, 0.15) is 11.1 Å². The minimum Gasteiger partial charge on any atom is -0.392 e. The fraction of sp³-hybridized carbons (Fsp3) is 0.214. The van der Waals surface area contributed by atoms with Gasteiger partial charge < -0.3 is 10.0 Å². The summed E-state index contributed by atoms with van der Waals surface area (Å²) in [5, 5.41) is 10.00. The van der Waals surface area contributed by atoms with Crippen LogP contribution in [0.2, 0.25) is 5.02 Å². The Morgan fingerprint density at radius 3 is 2.83 bits per heavy atom. The predicted molar refractivity (Wildman–Crippen MR) is 73.7 cm³/mol. The zero-order valence-electron chi connectivity index (χ0n) is 10.2. The molecule has 1 aromatic carbocycles. The quantitative estimate of drug-likeness (QED) is 0.921. The molecule has 1 N–H and O–H groups in total. The van der Waals surface area contributed by atoms with Crippen LogP contribution >= 0.6 is 11.6 Å². The van der Waals surface area contributed by atoms with Gasteiger partial charge in [0, 0.05) is 42.3 Å². The number of hydrogen-bond acceptors (Lipinski definition) is 3. The Hall–Kier alpha value is -1.58. The molecule has 0 aliphatic carbocycles. The number of halogens is 1. The van der Waals surface area contributed by atoms with Crippen LogP contribution in [0.3, 0.4) is 0 Å². The first-order valence-electron chi connectivity index (χ1n) is 5.70. The molecule has 1 aromatic heterocycles. The Morgan fingerprint density at radius 2 is 2.17 bits per heavy atom. The minimum absolute atomic E-state index is 0.0206. The fourth-order valence-electron chi connectivity index (χ4n) is 1.90. The van der Waals surface area contributed by atoms with Crippen LogP contribution in [-0.2, 0) is 13.2 Å². The normalized spacial score (nSPS) is 10.4. The average molecular weight is 263 g/mol. The maximum atomic E-state index is 9.36. The molecule has 0 saturated heterocycles. The van der Waals surface area contributed by atoms with Crippen LogP contribution < -0.4 is 4.90 Å². The SMILES string of the molecule is CN(Cc1cccnc1)c1ccc(Cl)cc1CO. The summed E-state index contributed by atoms with van der Waals surface area (Å²) in [6.07, 6.45) is 3.59. The van der Waals surface area contributed by atoms with E-state index in [0.29, 0.717) is 5.02 Å². The van der Waals surface area contributed by atoms with Crippen LogP contribution in [-0.4, -0.2) is 17.1 Å². The molecular formula is C14H15ClN2O. The molecule has 0 fully saturated rings. The smallest absolute Gasteiger partial charge is 0.0702 e. The van der Waals surface area contributed by atoms with Crippen LogP contribution in [0.15, 0.2) is 42.7 Å². The molecule has 94 valence electrons. The Bertz CT molecular complexity index is 516. The summed E-state index contributed by atoms with van der Waals surface area (Å²) in [6.45, 7) is 0.718. The summed E-state index contributed by atoms with van der Waals surface area (Å²) in [5.41, 5.74) is 2.93. The highest BCUT2D eigenvalue weighted by Gasteiger charge is 2.08. The van der Waals surface area contributed by atoms with Gasteiger partial charge in [0.05, 0.1) is 6.61 Å². The maximum absolute atomic E-state index is 9.36. The van der Waals surface area contributed by atoms with Crippen LogP contribution in [0.5, 0.6) is 0 Å². The number of benzene rings is 1. The third kappa shape index (κ3) is 3.00. The summed E-state index contributed by atoms with van der Waals surface area (Å²) in [6, 6.07) is 9.48. The molecule has 0 amide bonds. The monoisotopic (exact) mass is 262 g/mol. The number of aliphatic hydroxyl groups excluding tert-OH is 1. The van der Waals surface area contributed by atoms with Crippen molar-refractivity contribution in [3.05, 3.63) is 58.9 Å². The van der Waals surface area contributed by atoms with Crippen molar-refractivity contribution in [3.63, 3.8) is 0 Å².